The van der Waals surface area contributed by atoms with Gasteiger partial charge in [-0.25, -0.2) is 0 Å². The zero-order valence-electron chi connectivity index (χ0n) is 58.7. The quantitative estimate of drug-likeness (QED) is 0.121. The topological polar surface area (TPSA) is 13.0 Å². The van der Waals surface area contributed by atoms with Crippen LogP contribution in [0.4, 0.5) is 68.2 Å². The van der Waals surface area contributed by atoms with Crippen molar-refractivity contribution in [1.82, 2.24) is 0 Å². The summed E-state index contributed by atoms with van der Waals surface area (Å²) < 4.78 is 0. The predicted molar refractivity (Wildman–Crippen MR) is 463 cm³/mol. The molecule has 0 fully saturated rings. The maximum absolute atomic E-state index is 2.68. The third-order valence-electron chi connectivity index (χ3n) is 24.3. The maximum Gasteiger partial charge on any atom is 0.252 e. The molecule has 0 spiro atoms. The van der Waals surface area contributed by atoms with Gasteiger partial charge in [0.25, 0.3) is 13.4 Å². The molecular formula is C102H62B2N4. The Morgan fingerprint density at radius 1 is 0.139 bits per heavy atom. The fourth-order valence-electron chi connectivity index (χ4n) is 19.8. The van der Waals surface area contributed by atoms with E-state index in [1.54, 1.807) is 0 Å². The van der Waals surface area contributed by atoms with E-state index in [0.29, 0.717) is 0 Å². The van der Waals surface area contributed by atoms with E-state index in [4.69, 9.17) is 0 Å². The third-order valence-corrected chi connectivity index (χ3v) is 24.3. The van der Waals surface area contributed by atoms with Crippen LogP contribution in [0.1, 0.15) is 0 Å². The van der Waals surface area contributed by atoms with Gasteiger partial charge in [-0.1, -0.05) is 285 Å². The molecular weight excluding hydrogens is 1300 g/mol. The summed E-state index contributed by atoms with van der Waals surface area (Å²) in [5.41, 5.74) is 25.9. The minimum absolute atomic E-state index is 0.188. The molecule has 6 heteroatoms. The summed E-state index contributed by atoms with van der Waals surface area (Å²) in [6, 6.07) is 143. The van der Waals surface area contributed by atoms with Crippen LogP contribution in [-0.2, 0) is 0 Å². The molecule has 0 bridgehead atoms. The summed E-state index contributed by atoms with van der Waals surface area (Å²) in [5, 5.41) is 22.5. The van der Waals surface area contributed by atoms with Crippen molar-refractivity contribution in [3.05, 3.63) is 376 Å². The molecule has 0 radical (unpaired) electrons. The van der Waals surface area contributed by atoms with E-state index in [9.17, 15) is 0 Å². The predicted octanol–water partition coefficient (Wildman–Crippen LogP) is 23.6. The van der Waals surface area contributed by atoms with Crippen molar-refractivity contribution in [3.8, 4) is 22.3 Å². The van der Waals surface area contributed by atoms with E-state index in [1.165, 1.54) is 141 Å². The third kappa shape index (κ3) is 8.42. The van der Waals surface area contributed by atoms with Crippen LogP contribution in [0, 0.1) is 0 Å². The molecule has 20 aromatic carbocycles. The average molecular weight is 1370 g/mol. The summed E-state index contributed by atoms with van der Waals surface area (Å²) in [6.45, 7) is -0.392. The van der Waals surface area contributed by atoms with E-state index in [-0.39, 0.29) is 13.4 Å². The standard InChI is InChI=1S/C102H62B2N4/c1-4-26-63(27-5-1)65-54-97-101-98(55-65)106(68-48-51-83-77-38-13-10-32-71(77)74-35-16-19-41-80(74)86(83)58-68)93-46-24-22-44-89(93)103(101)91-61-92-96(62-95(91)105(97)67-30-8-3-9-31-67)108(70-50-53-85-79-40-15-12-34-73(79)76-37-18-21-43-82(76)88(85)60-70)100-57-66(64-28-6-2-7-29-64)56-99-102(100)104(92)90-45-23-25-47-94(90)107(99)69-49-52-84-78-39-14-11-33-72(78)75-36-17-20-42-81(75)87(84)59-69/h1-62H. The van der Waals surface area contributed by atoms with E-state index >= 15 is 0 Å². The molecule has 0 aliphatic carbocycles. The molecule has 0 N–H and O–H groups in total. The van der Waals surface area contributed by atoms with Gasteiger partial charge < -0.3 is 19.6 Å². The molecule has 496 valence electrons. The molecule has 4 aliphatic heterocycles. The van der Waals surface area contributed by atoms with Crippen LogP contribution < -0.4 is 52.4 Å². The second-order valence-corrected chi connectivity index (χ2v) is 29.7. The first-order chi connectivity index (χ1) is 53.6. The molecule has 4 heterocycles. The maximum atomic E-state index is 2.68. The Hall–Kier alpha value is -13.9. The first-order valence-corrected chi connectivity index (χ1v) is 37.7. The Bertz CT molecular complexity index is 7200. The molecule has 0 unspecified atom stereocenters. The summed E-state index contributed by atoms with van der Waals surface area (Å²) in [4.78, 5) is 10.5. The molecule has 0 aromatic heterocycles. The average Bonchev–Trinajstić information content (AvgIpc) is 0.681. The largest absolute Gasteiger partial charge is 0.311 e. The second kappa shape index (κ2) is 22.8. The van der Waals surface area contributed by atoms with Crippen LogP contribution in [0.3, 0.4) is 0 Å². The van der Waals surface area contributed by atoms with E-state index < -0.39 is 0 Å². The van der Waals surface area contributed by atoms with Gasteiger partial charge in [-0.2, -0.15) is 0 Å². The van der Waals surface area contributed by atoms with Crippen LogP contribution in [0.5, 0.6) is 0 Å². The van der Waals surface area contributed by atoms with Gasteiger partial charge in [0.2, 0.25) is 0 Å². The van der Waals surface area contributed by atoms with Crippen LogP contribution in [-0.4, -0.2) is 13.4 Å². The van der Waals surface area contributed by atoms with Gasteiger partial charge in [-0.3, -0.25) is 0 Å². The Labute approximate surface area is 625 Å². The first kappa shape index (κ1) is 59.5. The summed E-state index contributed by atoms with van der Waals surface area (Å²) >= 11 is 0. The zero-order valence-corrected chi connectivity index (χ0v) is 58.7. The first-order valence-electron chi connectivity index (χ1n) is 37.7. The van der Waals surface area contributed by atoms with Gasteiger partial charge >= 0.3 is 0 Å². The fraction of sp³-hybridized carbons (Fsp3) is 0. The summed E-state index contributed by atoms with van der Waals surface area (Å²) in [5.74, 6) is 0. The summed E-state index contributed by atoms with van der Waals surface area (Å²) in [6.07, 6.45) is 0. The minimum atomic E-state index is -0.204. The number of nitrogens with zero attached hydrogens (tertiary/aromatic N) is 4. The van der Waals surface area contributed by atoms with Crippen molar-refractivity contribution in [2.75, 3.05) is 19.6 Å². The lowest BCUT2D eigenvalue weighted by Gasteiger charge is -2.47. The Morgan fingerprint density at radius 3 is 0.713 bits per heavy atom. The van der Waals surface area contributed by atoms with E-state index in [0.717, 1.165) is 79.1 Å². The Balaban J connectivity index is 0.815. The van der Waals surface area contributed by atoms with Crippen molar-refractivity contribution in [3.63, 3.8) is 0 Å². The van der Waals surface area contributed by atoms with Gasteiger partial charge in [0.05, 0.1) is 0 Å². The highest BCUT2D eigenvalue weighted by molar-refractivity contribution is 7.03. The number of hydrogen-bond donors (Lipinski definition) is 0. The molecule has 0 saturated heterocycles. The minimum Gasteiger partial charge on any atom is -0.311 e. The van der Waals surface area contributed by atoms with Gasteiger partial charge in [0.1, 0.15) is 0 Å². The normalized spacial score (nSPS) is 13.3. The monoisotopic (exact) mass is 1360 g/mol. The van der Waals surface area contributed by atoms with E-state index in [1.807, 2.05) is 0 Å². The molecule has 4 aliphatic rings. The van der Waals surface area contributed by atoms with Crippen LogP contribution >= 0.6 is 0 Å². The Kier molecular flexibility index (Phi) is 12.5. The van der Waals surface area contributed by atoms with Crippen LogP contribution in [0.25, 0.3) is 119 Å². The Morgan fingerprint density at radius 2 is 0.389 bits per heavy atom. The van der Waals surface area contributed by atoms with Crippen molar-refractivity contribution in [2.24, 2.45) is 0 Å². The number of rotatable bonds is 6. The number of benzene rings is 20. The van der Waals surface area contributed by atoms with Crippen molar-refractivity contribution in [2.45, 2.75) is 0 Å². The molecule has 0 amide bonds. The highest BCUT2D eigenvalue weighted by Crippen LogP contribution is 2.53. The lowest BCUT2D eigenvalue weighted by molar-refractivity contribution is 1.24. The highest BCUT2D eigenvalue weighted by Gasteiger charge is 2.49. The molecule has 0 saturated carbocycles. The molecule has 4 nitrogen and oxygen atoms in total. The summed E-state index contributed by atoms with van der Waals surface area (Å²) in [7, 11) is 0. The molecule has 24 rings (SSSR count). The van der Waals surface area contributed by atoms with Gasteiger partial charge in [-0.05, 0) is 243 Å². The molecule has 20 aromatic rings. The number of fused-ring (bicyclic) bond motifs is 26. The van der Waals surface area contributed by atoms with Gasteiger partial charge in [0.15, 0.2) is 0 Å². The van der Waals surface area contributed by atoms with Gasteiger partial charge in [-0.15, -0.1) is 0 Å². The van der Waals surface area contributed by atoms with Crippen molar-refractivity contribution in [1.29, 1.82) is 0 Å². The fourth-order valence-corrected chi connectivity index (χ4v) is 19.8. The molecule has 0 atom stereocenters. The molecule has 108 heavy (non-hydrogen) atoms. The lowest BCUT2D eigenvalue weighted by Crippen LogP contribution is -2.65. The van der Waals surface area contributed by atoms with Gasteiger partial charge in [0, 0.05) is 68.2 Å². The van der Waals surface area contributed by atoms with Crippen LogP contribution in [0.2, 0.25) is 0 Å². The van der Waals surface area contributed by atoms with Crippen LogP contribution in [0.15, 0.2) is 376 Å². The van der Waals surface area contributed by atoms with Crippen molar-refractivity contribution >= 4 is 211 Å². The highest BCUT2D eigenvalue weighted by atomic mass is 15.2. The zero-order chi connectivity index (χ0) is 70.4. The number of anilines is 12. The number of para-hydroxylation sites is 3. The van der Waals surface area contributed by atoms with E-state index in [2.05, 4.69) is 396 Å². The SMILES string of the molecule is c1ccc(-c2cc3c4c(c2)N(c2ccccc2)c2cc5c(cc2B4c2ccccc2N3c2ccc3c4ccccc4c4ccccc4c3c2)B2c3ccccc3N(c3ccc4c6ccccc6c6ccccc6c4c3)c3cc(-c4ccccc4)cc(c32)N5c2ccc3c4ccccc4c4ccccc4c3c2)cc1. The lowest BCUT2D eigenvalue weighted by atomic mass is 9.30. The number of hydrogen-bond acceptors (Lipinski definition) is 4. The van der Waals surface area contributed by atoms with Crippen molar-refractivity contribution < 1.29 is 0 Å². The smallest absolute Gasteiger partial charge is 0.252 e. The second-order valence-electron chi connectivity index (χ2n) is 29.7.